The van der Waals surface area contributed by atoms with Crippen LogP contribution in [0.4, 0.5) is 119 Å². The Labute approximate surface area is 399 Å². The Bertz CT molecular complexity index is 2560. The normalized spacial score (nSPS) is 13.4. The first kappa shape index (κ1) is 58.5. The van der Waals surface area contributed by atoms with Crippen molar-refractivity contribution in [1.82, 2.24) is 0 Å². The lowest BCUT2D eigenvalue weighted by molar-refractivity contribution is -0.686. The number of hydrogen-bond donors (Lipinski definition) is 0. The maximum atomic E-state index is 14.2. The molecule has 5 aromatic carbocycles. The van der Waals surface area contributed by atoms with Crippen molar-refractivity contribution in [1.29, 1.82) is 0 Å². The van der Waals surface area contributed by atoms with Crippen LogP contribution in [0.3, 0.4) is 0 Å². The summed E-state index contributed by atoms with van der Waals surface area (Å²) in [6.07, 6.45) is -55.5. The minimum atomic E-state index is -6.13. The molecule has 400 valence electrons. The molecule has 1 aromatic heterocycles. The largest absolute Gasteiger partial charge is 0.416 e. The summed E-state index contributed by atoms with van der Waals surface area (Å²) in [6, 6.07) is 0.483. The van der Waals surface area contributed by atoms with Gasteiger partial charge in [0.2, 0.25) is 0 Å². The lowest BCUT2D eigenvalue weighted by Gasteiger charge is -2.46. The van der Waals surface area contributed by atoms with Crippen LogP contribution in [-0.4, -0.2) is 6.15 Å². The highest BCUT2D eigenvalue weighted by Gasteiger charge is 2.47. The Kier molecular flexibility index (Phi) is 15.9. The molecule has 0 aliphatic heterocycles. The van der Waals surface area contributed by atoms with Crippen molar-refractivity contribution in [2.75, 3.05) is 0 Å². The molecule has 0 saturated heterocycles. The number of halogens is 27. The van der Waals surface area contributed by atoms with E-state index in [9.17, 15) is 119 Å². The summed E-state index contributed by atoms with van der Waals surface area (Å²) < 4.78 is 380. The van der Waals surface area contributed by atoms with Crippen LogP contribution in [0.15, 0.2) is 121 Å². The van der Waals surface area contributed by atoms with Gasteiger partial charge in [0.25, 0.3) is 5.83 Å². The standard InChI is InChI=1S/C32H12BF24.C12H9F3NS/c34-25(35,36)13-1-14(26(37,38)39)6-21(5-13)33(22-7-15(27(40,41)42)2-16(8-22)28(43,44)45,23-9-17(29(46,47)48)3-18(10-23)30(49,50)51)24-11-19(31(52,53)54)4-20(12-24)32(55,56)57;13-10(11(14)15)12-16(6-7-17-12)8-9-4-2-1-3-5-9/h1-12H;1-7H,8H2/q-1;+1. The summed E-state index contributed by atoms with van der Waals surface area (Å²) in [5.41, 5.74) is -29.3. The van der Waals surface area contributed by atoms with Crippen molar-refractivity contribution >= 4 is 45.2 Å². The molecule has 1 heterocycles. The second-order valence-corrected chi connectivity index (χ2v) is 16.5. The zero-order chi connectivity index (χ0) is 56.2. The van der Waals surface area contributed by atoms with Crippen LogP contribution in [0, 0.1) is 0 Å². The van der Waals surface area contributed by atoms with E-state index in [1.54, 1.807) is 11.6 Å². The summed E-state index contributed by atoms with van der Waals surface area (Å²) in [5.74, 6) is -1.45. The minimum Gasteiger partial charge on any atom is -0.194 e. The Hall–Kier alpha value is -6.36. The van der Waals surface area contributed by atoms with E-state index in [0.29, 0.717) is 6.54 Å². The van der Waals surface area contributed by atoms with Gasteiger partial charge in [-0.1, -0.05) is 90.2 Å². The molecule has 0 radical (unpaired) electrons. The summed E-state index contributed by atoms with van der Waals surface area (Å²) in [4.78, 5) is 0. The molecule has 1 nitrogen and oxygen atoms in total. The topological polar surface area (TPSA) is 3.88 Å². The number of nitrogens with zero attached hydrogens (tertiary/aromatic N) is 1. The molecule has 74 heavy (non-hydrogen) atoms. The van der Waals surface area contributed by atoms with E-state index >= 15 is 0 Å². The molecule has 0 spiro atoms. The molecule has 0 bridgehead atoms. The molecule has 0 aliphatic carbocycles. The third-order valence-corrected chi connectivity index (χ3v) is 11.6. The average Bonchev–Trinajstić information content (AvgIpc) is 3.72. The van der Waals surface area contributed by atoms with Crippen molar-refractivity contribution in [3.05, 3.63) is 176 Å². The Morgan fingerprint density at radius 3 is 0.824 bits per heavy atom. The molecule has 0 fully saturated rings. The number of rotatable bonds is 7. The lowest BCUT2D eigenvalue weighted by Crippen LogP contribution is -2.75. The van der Waals surface area contributed by atoms with Gasteiger partial charge in [-0.15, -0.1) is 0 Å². The zero-order valence-corrected chi connectivity index (χ0v) is 36.1. The van der Waals surface area contributed by atoms with Gasteiger partial charge in [0.15, 0.2) is 12.7 Å². The van der Waals surface area contributed by atoms with Gasteiger partial charge in [-0.2, -0.15) is 145 Å². The molecule has 0 aliphatic rings. The van der Waals surface area contributed by atoms with E-state index in [2.05, 4.69) is 0 Å². The van der Waals surface area contributed by atoms with Gasteiger partial charge in [0, 0.05) is 5.56 Å². The Morgan fingerprint density at radius 1 is 0.365 bits per heavy atom. The maximum absolute atomic E-state index is 14.2. The first-order valence-corrected chi connectivity index (χ1v) is 20.4. The smallest absolute Gasteiger partial charge is 0.194 e. The van der Waals surface area contributed by atoms with Gasteiger partial charge in [0.1, 0.15) is 6.15 Å². The number of alkyl halides is 24. The van der Waals surface area contributed by atoms with E-state index in [1.807, 2.05) is 30.3 Å². The van der Waals surface area contributed by atoms with Crippen molar-refractivity contribution < 1.29 is 123 Å². The number of thiazole rings is 1. The third kappa shape index (κ3) is 13.3. The molecule has 0 unspecified atom stereocenters. The monoisotopic (exact) mass is 1120 g/mol. The van der Waals surface area contributed by atoms with Crippen LogP contribution < -0.4 is 26.4 Å². The zero-order valence-electron chi connectivity index (χ0n) is 35.3. The molecule has 6 aromatic rings. The first-order chi connectivity index (χ1) is 33.4. The van der Waals surface area contributed by atoms with E-state index in [4.69, 9.17) is 0 Å². The first-order valence-electron chi connectivity index (χ1n) is 19.5. The van der Waals surface area contributed by atoms with Gasteiger partial charge in [-0.25, -0.2) is 0 Å². The maximum Gasteiger partial charge on any atom is 0.416 e. The average molecular weight is 1120 g/mol. The second-order valence-electron chi connectivity index (χ2n) is 15.6. The highest BCUT2D eigenvalue weighted by atomic mass is 32.1. The highest BCUT2D eigenvalue weighted by molar-refractivity contribution is 7.20. The molecule has 30 heteroatoms. The molecule has 6 rings (SSSR count). The molecular formula is C44H21BF27NS. The van der Waals surface area contributed by atoms with Crippen molar-refractivity contribution in [2.45, 2.75) is 56.0 Å². The summed E-state index contributed by atoms with van der Waals surface area (Å²) in [6.45, 7) is 0.375. The third-order valence-electron chi connectivity index (χ3n) is 10.7. The quantitative estimate of drug-likeness (QED) is 0.0852. The van der Waals surface area contributed by atoms with E-state index in [0.717, 1.165) is 16.9 Å². The SMILES string of the molecule is FC(F)(F)c1cc([B-](c2cc(C(F)(F)F)cc(C(F)(F)F)c2)(c2cc(C(F)(F)F)cc(C(F)(F)F)c2)c2cc(C(F)(F)F)cc(C(F)(F)F)c2)cc(C(F)(F)F)c1.FC(F)=C(F)c1scc[n+]1Cc1ccccc1. The predicted octanol–water partition coefficient (Wildman–Crippen LogP) is 14.8. The second kappa shape index (κ2) is 20.1. The van der Waals surface area contributed by atoms with Crippen LogP contribution in [0.1, 0.15) is 55.1 Å². The number of benzene rings is 5. The lowest BCUT2D eigenvalue weighted by atomic mass is 9.12. The number of hydrogen-bond acceptors (Lipinski definition) is 1. The summed E-state index contributed by atoms with van der Waals surface area (Å²) in [7, 11) is 0. The van der Waals surface area contributed by atoms with Crippen LogP contribution >= 0.6 is 11.3 Å². The number of aromatic nitrogens is 1. The van der Waals surface area contributed by atoms with Crippen molar-refractivity contribution in [3.63, 3.8) is 0 Å². The highest BCUT2D eigenvalue weighted by Crippen LogP contribution is 2.41. The predicted molar refractivity (Wildman–Crippen MR) is 210 cm³/mol. The van der Waals surface area contributed by atoms with Gasteiger partial charge in [-0.3, -0.25) is 0 Å². The molecular weight excluding hydrogens is 1100 g/mol. The van der Waals surface area contributed by atoms with Crippen molar-refractivity contribution in [3.8, 4) is 0 Å². The fourth-order valence-electron chi connectivity index (χ4n) is 7.54. The van der Waals surface area contributed by atoms with Crippen molar-refractivity contribution in [2.24, 2.45) is 0 Å². The molecule has 0 N–H and O–H groups in total. The molecule has 0 saturated carbocycles. The summed E-state index contributed by atoms with van der Waals surface area (Å²) >= 11 is 0.955. The van der Waals surface area contributed by atoms with Crippen LogP contribution in [-0.2, 0) is 56.0 Å². The fraction of sp³-hybridized carbons (Fsp3) is 0.205. The van der Waals surface area contributed by atoms with Gasteiger partial charge in [-0.05, 0) is 24.3 Å². The molecule has 0 atom stereocenters. The van der Waals surface area contributed by atoms with Crippen LogP contribution in [0.5, 0.6) is 0 Å². The molecule has 0 amide bonds. The van der Waals surface area contributed by atoms with E-state index in [1.165, 1.54) is 4.57 Å². The fourth-order valence-corrected chi connectivity index (χ4v) is 8.32. The Morgan fingerprint density at radius 2 is 0.608 bits per heavy atom. The van der Waals surface area contributed by atoms with Gasteiger partial charge >= 0.3 is 60.5 Å². The van der Waals surface area contributed by atoms with Gasteiger partial charge in [0.05, 0.1) is 49.9 Å². The van der Waals surface area contributed by atoms with Crippen LogP contribution in [0.25, 0.3) is 5.83 Å². The van der Waals surface area contributed by atoms with Crippen LogP contribution in [0.2, 0.25) is 0 Å². The van der Waals surface area contributed by atoms with E-state index in [-0.39, 0.29) is 5.01 Å². The minimum absolute atomic E-state index is 0.0612. The Balaban J connectivity index is 0.000000500. The van der Waals surface area contributed by atoms with E-state index < -0.39 is 207 Å². The summed E-state index contributed by atoms with van der Waals surface area (Å²) in [5, 5.41) is 1.52. The van der Waals surface area contributed by atoms with Gasteiger partial charge < -0.3 is 0 Å².